The number of ether oxygens (including phenoxy) is 1. The third-order valence-corrected chi connectivity index (χ3v) is 6.89. The quantitative estimate of drug-likeness (QED) is 0.650. The van der Waals surface area contributed by atoms with Gasteiger partial charge in [0.05, 0.1) is 10.5 Å². The van der Waals surface area contributed by atoms with Gasteiger partial charge in [-0.3, -0.25) is 4.79 Å². The molecule has 1 atom stereocenters. The standard InChI is InChI=1S/C21H23FN2O5S/c1-15(25)16(2)29-21(26)17-4-3-5-20(14-17)30(27,28)24-12-10-23(11-13-24)19-8-6-18(22)7-9-19/h3-9,14,16H,10-13H2,1-2H3. The molecule has 0 spiro atoms. The zero-order chi connectivity index (χ0) is 21.9. The summed E-state index contributed by atoms with van der Waals surface area (Å²) < 4.78 is 45.6. The number of hydrogen-bond acceptors (Lipinski definition) is 6. The van der Waals surface area contributed by atoms with Crippen molar-refractivity contribution in [2.75, 3.05) is 31.1 Å². The lowest BCUT2D eigenvalue weighted by Crippen LogP contribution is -2.48. The smallest absolute Gasteiger partial charge is 0.338 e. The predicted octanol–water partition coefficient (Wildman–Crippen LogP) is 2.47. The molecule has 0 N–H and O–H groups in total. The molecule has 0 bridgehead atoms. The Morgan fingerprint density at radius 1 is 1.03 bits per heavy atom. The molecule has 160 valence electrons. The van der Waals surface area contributed by atoms with Gasteiger partial charge in [-0.05, 0) is 56.3 Å². The Labute approximate surface area is 175 Å². The lowest BCUT2D eigenvalue weighted by molar-refractivity contribution is -0.124. The van der Waals surface area contributed by atoms with E-state index in [0.29, 0.717) is 13.1 Å². The van der Waals surface area contributed by atoms with Gasteiger partial charge in [0.1, 0.15) is 5.82 Å². The van der Waals surface area contributed by atoms with Gasteiger partial charge in [0.2, 0.25) is 10.0 Å². The first-order valence-electron chi connectivity index (χ1n) is 9.50. The van der Waals surface area contributed by atoms with Crippen molar-refractivity contribution in [1.82, 2.24) is 4.31 Å². The first-order valence-corrected chi connectivity index (χ1v) is 10.9. The van der Waals surface area contributed by atoms with Crippen LogP contribution in [0.3, 0.4) is 0 Å². The van der Waals surface area contributed by atoms with Crippen LogP contribution < -0.4 is 4.90 Å². The monoisotopic (exact) mass is 434 g/mol. The third-order valence-electron chi connectivity index (χ3n) is 4.99. The number of esters is 1. The molecule has 0 aliphatic carbocycles. The van der Waals surface area contributed by atoms with Crippen molar-refractivity contribution < 1.29 is 27.1 Å². The van der Waals surface area contributed by atoms with Crippen molar-refractivity contribution in [3.63, 3.8) is 0 Å². The van der Waals surface area contributed by atoms with E-state index < -0.39 is 22.1 Å². The van der Waals surface area contributed by atoms with Crippen LogP contribution in [0.1, 0.15) is 24.2 Å². The Kier molecular flexibility index (Phi) is 6.52. The van der Waals surface area contributed by atoms with E-state index in [0.717, 1.165) is 5.69 Å². The molecule has 1 saturated heterocycles. The lowest BCUT2D eigenvalue weighted by atomic mass is 10.2. The summed E-state index contributed by atoms with van der Waals surface area (Å²) in [4.78, 5) is 25.5. The van der Waals surface area contributed by atoms with Crippen molar-refractivity contribution >= 4 is 27.5 Å². The second-order valence-electron chi connectivity index (χ2n) is 7.05. The largest absolute Gasteiger partial charge is 0.451 e. The fraction of sp³-hybridized carbons (Fsp3) is 0.333. The van der Waals surface area contributed by atoms with E-state index in [4.69, 9.17) is 4.74 Å². The topological polar surface area (TPSA) is 84.0 Å². The van der Waals surface area contributed by atoms with E-state index in [1.165, 1.54) is 54.6 Å². The molecule has 0 aromatic heterocycles. The number of piperazine rings is 1. The van der Waals surface area contributed by atoms with Crippen LogP contribution in [0.4, 0.5) is 10.1 Å². The maximum Gasteiger partial charge on any atom is 0.338 e. The van der Waals surface area contributed by atoms with Crippen LogP contribution in [0, 0.1) is 5.82 Å². The predicted molar refractivity (Wildman–Crippen MR) is 109 cm³/mol. The molecular formula is C21H23FN2O5S. The average molecular weight is 434 g/mol. The van der Waals surface area contributed by atoms with Crippen LogP contribution >= 0.6 is 0 Å². The lowest BCUT2D eigenvalue weighted by Gasteiger charge is -2.35. The van der Waals surface area contributed by atoms with Crippen molar-refractivity contribution in [3.05, 3.63) is 59.9 Å². The van der Waals surface area contributed by atoms with Crippen LogP contribution in [0.25, 0.3) is 0 Å². The van der Waals surface area contributed by atoms with Crippen LogP contribution in [-0.2, 0) is 19.6 Å². The van der Waals surface area contributed by atoms with Crippen LogP contribution in [0.2, 0.25) is 0 Å². The Morgan fingerprint density at radius 3 is 2.27 bits per heavy atom. The summed E-state index contributed by atoms with van der Waals surface area (Å²) in [5.41, 5.74) is 0.895. The second kappa shape index (κ2) is 8.93. The zero-order valence-corrected chi connectivity index (χ0v) is 17.6. The number of carbonyl (C=O) groups is 2. The average Bonchev–Trinajstić information content (AvgIpc) is 2.74. The molecule has 2 aromatic rings. The van der Waals surface area contributed by atoms with Gasteiger partial charge in [0.15, 0.2) is 11.9 Å². The van der Waals surface area contributed by atoms with E-state index in [1.807, 2.05) is 4.90 Å². The minimum absolute atomic E-state index is 0.0114. The molecule has 3 rings (SSSR count). The number of hydrogen-bond donors (Lipinski definition) is 0. The Hall–Kier alpha value is -2.78. The Balaban J connectivity index is 1.71. The minimum atomic E-state index is -3.80. The van der Waals surface area contributed by atoms with Gasteiger partial charge >= 0.3 is 5.97 Å². The molecule has 7 nitrogen and oxygen atoms in total. The summed E-state index contributed by atoms with van der Waals surface area (Å²) in [6.07, 6.45) is -0.905. The highest BCUT2D eigenvalue weighted by Gasteiger charge is 2.29. The van der Waals surface area contributed by atoms with Gasteiger partial charge in [-0.2, -0.15) is 4.31 Å². The van der Waals surface area contributed by atoms with Crippen molar-refractivity contribution in [3.8, 4) is 0 Å². The highest BCUT2D eigenvalue weighted by atomic mass is 32.2. The molecule has 0 amide bonds. The molecule has 0 radical (unpaired) electrons. The number of ketones is 1. The number of nitrogens with zero attached hydrogens (tertiary/aromatic N) is 2. The summed E-state index contributed by atoms with van der Waals surface area (Å²) in [6, 6.07) is 11.7. The minimum Gasteiger partial charge on any atom is -0.451 e. The van der Waals surface area contributed by atoms with Crippen molar-refractivity contribution in [2.45, 2.75) is 24.8 Å². The number of carbonyl (C=O) groups excluding carboxylic acids is 2. The van der Waals surface area contributed by atoms with Gasteiger partial charge in [0, 0.05) is 31.9 Å². The van der Waals surface area contributed by atoms with Gasteiger partial charge in [-0.1, -0.05) is 6.07 Å². The number of rotatable bonds is 6. The SMILES string of the molecule is CC(=O)C(C)OC(=O)c1cccc(S(=O)(=O)N2CCN(c3ccc(F)cc3)CC2)c1. The van der Waals surface area contributed by atoms with Crippen molar-refractivity contribution in [2.24, 2.45) is 0 Å². The summed E-state index contributed by atoms with van der Waals surface area (Å²) in [6.45, 7) is 4.21. The third kappa shape index (κ3) is 4.85. The number of Topliss-reactive ketones (excluding diaryl/α,β-unsaturated/α-hetero) is 1. The van der Waals surface area contributed by atoms with E-state index in [-0.39, 0.29) is 35.1 Å². The number of halogens is 1. The van der Waals surface area contributed by atoms with E-state index in [2.05, 4.69) is 0 Å². The number of sulfonamides is 1. The maximum atomic E-state index is 13.1. The van der Waals surface area contributed by atoms with Crippen LogP contribution in [-0.4, -0.2) is 56.8 Å². The maximum absolute atomic E-state index is 13.1. The molecule has 1 aliphatic rings. The summed E-state index contributed by atoms with van der Waals surface area (Å²) in [5, 5.41) is 0. The summed E-state index contributed by atoms with van der Waals surface area (Å²) >= 11 is 0. The Morgan fingerprint density at radius 2 is 1.67 bits per heavy atom. The molecule has 9 heteroatoms. The first-order chi connectivity index (χ1) is 14.2. The normalized spacial score (nSPS) is 16.2. The zero-order valence-electron chi connectivity index (χ0n) is 16.7. The highest BCUT2D eigenvalue weighted by molar-refractivity contribution is 7.89. The molecular weight excluding hydrogens is 411 g/mol. The van der Waals surface area contributed by atoms with Crippen LogP contribution in [0.5, 0.6) is 0 Å². The van der Waals surface area contributed by atoms with E-state index in [1.54, 1.807) is 12.1 Å². The Bertz CT molecular complexity index is 1030. The van der Waals surface area contributed by atoms with Gasteiger partial charge in [-0.15, -0.1) is 0 Å². The van der Waals surface area contributed by atoms with Gasteiger partial charge in [-0.25, -0.2) is 17.6 Å². The molecule has 1 heterocycles. The summed E-state index contributed by atoms with van der Waals surface area (Å²) in [5.74, 6) is -1.38. The molecule has 30 heavy (non-hydrogen) atoms. The van der Waals surface area contributed by atoms with Gasteiger partial charge < -0.3 is 9.64 Å². The first kappa shape index (κ1) is 21.9. The second-order valence-corrected chi connectivity index (χ2v) is 8.99. The molecule has 1 fully saturated rings. The van der Waals surface area contributed by atoms with Crippen LogP contribution in [0.15, 0.2) is 53.4 Å². The van der Waals surface area contributed by atoms with E-state index in [9.17, 15) is 22.4 Å². The molecule has 1 aliphatic heterocycles. The number of benzene rings is 2. The highest BCUT2D eigenvalue weighted by Crippen LogP contribution is 2.22. The summed E-state index contributed by atoms with van der Waals surface area (Å²) in [7, 11) is -3.80. The molecule has 2 aromatic carbocycles. The van der Waals surface area contributed by atoms with E-state index >= 15 is 0 Å². The molecule has 1 unspecified atom stereocenters. The van der Waals surface area contributed by atoms with Crippen molar-refractivity contribution in [1.29, 1.82) is 0 Å². The molecule has 0 saturated carbocycles. The number of anilines is 1. The fourth-order valence-corrected chi connectivity index (χ4v) is 4.55. The van der Waals surface area contributed by atoms with Gasteiger partial charge in [0.25, 0.3) is 0 Å². The fourth-order valence-electron chi connectivity index (χ4n) is 3.08.